The van der Waals surface area contributed by atoms with Crippen molar-refractivity contribution in [3.63, 3.8) is 0 Å². The zero-order valence-corrected chi connectivity index (χ0v) is 17.4. The molecule has 0 aromatic heterocycles. The number of halogens is 1. The second-order valence-electron chi connectivity index (χ2n) is 7.31. The maximum Gasteiger partial charge on any atom is 0.167 e. The zero-order valence-electron chi connectivity index (χ0n) is 17.4. The minimum Gasteiger partial charge on any atom is -0.490 e. The van der Waals surface area contributed by atoms with Crippen LogP contribution in [0.15, 0.2) is 48.5 Å². The van der Waals surface area contributed by atoms with Gasteiger partial charge in [-0.15, -0.1) is 0 Å². The topological polar surface area (TPSA) is 49.8 Å². The molecule has 2 aromatic carbocycles. The summed E-state index contributed by atoms with van der Waals surface area (Å²) in [5.74, 6) is -0.324. The number of aliphatic hydroxyl groups is 1. The number of aliphatic hydroxyl groups excluding tert-OH is 1. The zero-order chi connectivity index (χ0) is 21.1. The molecule has 0 aliphatic carbocycles. The summed E-state index contributed by atoms with van der Waals surface area (Å²) < 4.78 is 19.5. The maximum atomic E-state index is 13.7. The summed E-state index contributed by atoms with van der Waals surface area (Å²) in [6, 6.07) is 13.7. The average molecular weight is 402 g/mol. The summed E-state index contributed by atoms with van der Waals surface area (Å²) in [7, 11) is 0. The molecule has 5 heteroatoms. The number of carbonyl (C=O) groups excluding carboxylic acids is 1. The number of hydrogen-bond donors (Lipinski definition) is 1. The van der Waals surface area contributed by atoms with Crippen molar-refractivity contribution in [3.05, 3.63) is 65.5 Å². The molecule has 0 bridgehead atoms. The molecule has 0 aliphatic rings. The molecular weight excluding hydrogens is 369 g/mol. The molecular formula is C24H32FNO3. The first-order valence-corrected chi connectivity index (χ1v) is 10.4. The average Bonchev–Trinajstić information content (AvgIpc) is 2.72. The lowest BCUT2D eigenvalue weighted by Gasteiger charge is -2.24. The third kappa shape index (κ3) is 7.95. The van der Waals surface area contributed by atoms with E-state index in [1.54, 1.807) is 0 Å². The SMILES string of the molecule is CCCN(CCC)CC(O)COc1ccc(F)cc1C(=O)CCc1ccccc1. The predicted molar refractivity (Wildman–Crippen MR) is 114 cm³/mol. The van der Waals surface area contributed by atoms with Gasteiger partial charge in [-0.25, -0.2) is 4.39 Å². The molecule has 2 aromatic rings. The molecule has 0 spiro atoms. The Balaban J connectivity index is 1.97. The van der Waals surface area contributed by atoms with Gasteiger partial charge in [0.25, 0.3) is 0 Å². The second kappa shape index (κ2) is 12.3. The molecule has 0 fully saturated rings. The normalized spacial score (nSPS) is 12.2. The first-order valence-electron chi connectivity index (χ1n) is 10.4. The number of rotatable bonds is 13. The quantitative estimate of drug-likeness (QED) is 0.502. The Hall–Kier alpha value is -2.24. The van der Waals surface area contributed by atoms with Crippen LogP contribution in [-0.2, 0) is 6.42 Å². The number of ketones is 1. The number of ether oxygens (including phenoxy) is 1. The minimum atomic E-state index is -0.676. The van der Waals surface area contributed by atoms with E-state index in [9.17, 15) is 14.3 Å². The van der Waals surface area contributed by atoms with Crippen molar-refractivity contribution in [2.75, 3.05) is 26.2 Å². The number of Topliss-reactive ketones (excluding diaryl/α,β-unsaturated/α-hetero) is 1. The van der Waals surface area contributed by atoms with Crippen LogP contribution >= 0.6 is 0 Å². The van der Waals surface area contributed by atoms with Crippen LogP contribution in [0, 0.1) is 5.82 Å². The van der Waals surface area contributed by atoms with Crippen molar-refractivity contribution in [2.24, 2.45) is 0 Å². The first kappa shape index (κ1) is 23.0. The second-order valence-corrected chi connectivity index (χ2v) is 7.31. The molecule has 158 valence electrons. The van der Waals surface area contributed by atoms with Crippen molar-refractivity contribution in [1.29, 1.82) is 0 Å². The first-order chi connectivity index (χ1) is 14.0. The molecule has 1 unspecified atom stereocenters. The van der Waals surface area contributed by atoms with Gasteiger partial charge in [-0.05, 0) is 56.1 Å². The Labute approximate surface area is 173 Å². The Morgan fingerprint density at radius 2 is 1.79 bits per heavy atom. The Kier molecular flexibility index (Phi) is 9.81. The lowest BCUT2D eigenvalue weighted by Crippen LogP contribution is -2.36. The van der Waals surface area contributed by atoms with Crippen LogP contribution in [0.25, 0.3) is 0 Å². The van der Waals surface area contributed by atoms with Crippen LogP contribution in [0.5, 0.6) is 5.75 Å². The lowest BCUT2D eigenvalue weighted by atomic mass is 10.0. The summed E-state index contributed by atoms with van der Waals surface area (Å²) in [6.07, 6.45) is 2.22. The number of carbonyl (C=O) groups is 1. The molecule has 4 nitrogen and oxygen atoms in total. The third-order valence-corrected chi connectivity index (χ3v) is 4.71. The minimum absolute atomic E-state index is 0.0640. The van der Waals surface area contributed by atoms with Gasteiger partial charge in [0.2, 0.25) is 0 Å². The van der Waals surface area contributed by atoms with Crippen LogP contribution in [0.1, 0.15) is 49.0 Å². The van der Waals surface area contributed by atoms with Crippen LogP contribution in [0.4, 0.5) is 4.39 Å². The van der Waals surface area contributed by atoms with Crippen molar-refractivity contribution in [2.45, 2.75) is 45.6 Å². The molecule has 1 N–H and O–H groups in total. The maximum absolute atomic E-state index is 13.7. The van der Waals surface area contributed by atoms with Gasteiger partial charge < -0.3 is 14.7 Å². The van der Waals surface area contributed by atoms with E-state index in [-0.39, 0.29) is 24.4 Å². The van der Waals surface area contributed by atoms with Gasteiger partial charge in [-0.1, -0.05) is 44.2 Å². The van der Waals surface area contributed by atoms with E-state index in [2.05, 4.69) is 18.7 Å². The summed E-state index contributed by atoms with van der Waals surface area (Å²) >= 11 is 0. The van der Waals surface area contributed by atoms with E-state index >= 15 is 0 Å². The van der Waals surface area contributed by atoms with Crippen molar-refractivity contribution in [1.82, 2.24) is 4.90 Å². The van der Waals surface area contributed by atoms with Crippen molar-refractivity contribution >= 4 is 5.78 Å². The third-order valence-electron chi connectivity index (χ3n) is 4.71. The van der Waals surface area contributed by atoms with Gasteiger partial charge in [-0.3, -0.25) is 4.79 Å². The van der Waals surface area contributed by atoms with Gasteiger partial charge in [0.05, 0.1) is 5.56 Å². The van der Waals surface area contributed by atoms with E-state index in [0.29, 0.717) is 18.7 Å². The van der Waals surface area contributed by atoms with Gasteiger partial charge in [-0.2, -0.15) is 0 Å². The van der Waals surface area contributed by atoms with Gasteiger partial charge in [0.1, 0.15) is 24.3 Å². The standard InChI is InChI=1S/C24H32FNO3/c1-3-14-26(15-4-2)17-21(27)18-29-24-13-11-20(25)16-22(24)23(28)12-10-19-8-6-5-7-9-19/h5-9,11,13,16,21,27H,3-4,10,12,14-15,17-18H2,1-2H3. The van der Waals surface area contributed by atoms with E-state index in [4.69, 9.17) is 4.74 Å². The fraction of sp³-hybridized carbons (Fsp3) is 0.458. The summed E-state index contributed by atoms with van der Waals surface area (Å²) in [4.78, 5) is 14.9. The lowest BCUT2D eigenvalue weighted by molar-refractivity contribution is 0.0673. The highest BCUT2D eigenvalue weighted by molar-refractivity contribution is 5.98. The van der Waals surface area contributed by atoms with Crippen LogP contribution in [0.3, 0.4) is 0 Å². The van der Waals surface area contributed by atoms with Crippen LogP contribution in [0.2, 0.25) is 0 Å². The van der Waals surface area contributed by atoms with E-state index in [0.717, 1.165) is 31.5 Å². The smallest absolute Gasteiger partial charge is 0.167 e. The predicted octanol–water partition coefficient (Wildman–Crippen LogP) is 4.50. The fourth-order valence-corrected chi connectivity index (χ4v) is 3.35. The fourth-order valence-electron chi connectivity index (χ4n) is 3.35. The number of benzene rings is 2. The van der Waals surface area contributed by atoms with Gasteiger partial charge >= 0.3 is 0 Å². The summed E-state index contributed by atoms with van der Waals surface area (Å²) in [5, 5.41) is 10.3. The summed E-state index contributed by atoms with van der Waals surface area (Å²) in [5.41, 5.74) is 1.29. The molecule has 29 heavy (non-hydrogen) atoms. The number of nitrogens with zero attached hydrogens (tertiary/aromatic N) is 1. The van der Waals surface area contributed by atoms with Crippen molar-refractivity contribution < 1.29 is 19.0 Å². The van der Waals surface area contributed by atoms with Gasteiger partial charge in [0, 0.05) is 13.0 Å². The molecule has 0 amide bonds. The van der Waals surface area contributed by atoms with E-state index in [1.165, 1.54) is 18.2 Å². The highest BCUT2D eigenvalue weighted by Crippen LogP contribution is 2.22. The largest absolute Gasteiger partial charge is 0.490 e. The van der Waals surface area contributed by atoms with E-state index in [1.807, 2.05) is 30.3 Å². The van der Waals surface area contributed by atoms with Crippen LogP contribution < -0.4 is 4.74 Å². The monoisotopic (exact) mass is 401 g/mol. The van der Waals surface area contributed by atoms with E-state index < -0.39 is 11.9 Å². The molecule has 0 saturated heterocycles. The Morgan fingerprint density at radius 3 is 2.45 bits per heavy atom. The highest BCUT2D eigenvalue weighted by Gasteiger charge is 2.17. The highest BCUT2D eigenvalue weighted by atomic mass is 19.1. The molecule has 0 aliphatic heterocycles. The Bertz CT molecular complexity index is 745. The number of aryl methyl sites for hydroxylation is 1. The van der Waals surface area contributed by atoms with Crippen LogP contribution in [-0.4, -0.2) is 48.1 Å². The molecule has 1 atom stereocenters. The Morgan fingerprint density at radius 1 is 1.10 bits per heavy atom. The summed E-state index contributed by atoms with van der Waals surface area (Å²) in [6.45, 7) is 6.64. The molecule has 0 saturated carbocycles. The molecule has 2 rings (SSSR count). The van der Waals surface area contributed by atoms with Crippen molar-refractivity contribution in [3.8, 4) is 5.75 Å². The molecule has 0 heterocycles. The number of hydrogen-bond acceptors (Lipinski definition) is 4. The molecule has 0 radical (unpaired) electrons. The van der Waals surface area contributed by atoms with Gasteiger partial charge in [0.15, 0.2) is 5.78 Å².